The Bertz CT molecular complexity index is 329. The molecule has 0 spiro atoms. The molecule has 0 N–H and O–H groups in total. The second kappa shape index (κ2) is 5.58. The van der Waals surface area contributed by atoms with Crippen LogP contribution in [0.4, 0.5) is 0 Å². The van der Waals surface area contributed by atoms with E-state index in [9.17, 15) is 0 Å². The van der Waals surface area contributed by atoms with Crippen LogP contribution in [0.2, 0.25) is 0 Å². The Kier molecular flexibility index (Phi) is 4.11. The van der Waals surface area contributed by atoms with Gasteiger partial charge in [-0.05, 0) is 49.3 Å². The molecule has 2 heteroatoms. The van der Waals surface area contributed by atoms with E-state index in [0.29, 0.717) is 12.0 Å². The van der Waals surface area contributed by atoms with E-state index >= 15 is 0 Å². The number of rotatable bonds is 3. The van der Waals surface area contributed by atoms with Crippen LogP contribution in [-0.4, -0.2) is 6.10 Å². The quantitative estimate of drug-likeness (QED) is 0.710. The van der Waals surface area contributed by atoms with Gasteiger partial charge < -0.3 is 4.74 Å². The van der Waals surface area contributed by atoms with Gasteiger partial charge in [-0.2, -0.15) is 0 Å². The first-order chi connectivity index (χ1) is 7.78. The third kappa shape index (κ3) is 3.15. The van der Waals surface area contributed by atoms with Crippen LogP contribution in [0.3, 0.4) is 0 Å². The SMILES string of the molecule is CC1CCC(Oc2cccc(CCl)c2)CC1. The molecule has 0 radical (unpaired) electrons. The van der Waals surface area contributed by atoms with Gasteiger partial charge in [0.25, 0.3) is 0 Å². The molecular weight excluding hydrogens is 220 g/mol. The fourth-order valence-electron chi connectivity index (χ4n) is 2.24. The Morgan fingerprint density at radius 2 is 2.00 bits per heavy atom. The normalized spacial score (nSPS) is 25.4. The van der Waals surface area contributed by atoms with Crippen molar-refractivity contribution < 1.29 is 4.74 Å². The zero-order chi connectivity index (χ0) is 11.4. The van der Waals surface area contributed by atoms with Crippen molar-refractivity contribution in [3.05, 3.63) is 29.8 Å². The third-order valence-corrected chi connectivity index (χ3v) is 3.63. The van der Waals surface area contributed by atoms with Gasteiger partial charge in [0.05, 0.1) is 6.10 Å². The van der Waals surface area contributed by atoms with Crippen molar-refractivity contribution in [2.45, 2.75) is 44.6 Å². The Morgan fingerprint density at radius 1 is 1.25 bits per heavy atom. The molecule has 0 heterocycles. The van der Waals surface area contributed by atoms with Gasteiger partial charge in [0.15, 0.2) is 0 Å². The lowest BCUT2D eigenvalue weighted by atomic mass is 9.89. The summed E-state index contributed by atoms with van der Waals surface area (Å²) in [6, 6.07) is 8.11. The summed E-state index contributed by atoms with van der Waals surface area (Å²) < 4.78 is 5.99. The summed E-state index contributed by atoms with van der Waals surface area (Å²) >= 11 is 5.81. The van der Waals surface area contributed by atoms with E-state index < -0.39 is 0 Å². The first-order valence-electron chi connectivity index (χ1n) is 6.09. The van der Waals surface area contributed by atoms with Crippen molar-refractivity contribution in [1.29, 1.82) is 0 Å². The number of halogens is 1. The highest BCUT2D eigenvalue weighted by molar-refractivity contribution is 6.17. The second-order valence-corrected chi connectivity index (χ2v) is 5.05. The maximum absolute atomic E-state index is 5.99. The molecule has 1 fully saturated rings. The number of hydrogen-bond donors (Lipinski definition) is 0. The number of ether oxygens (including phenoxy) is 1. The van der Waals surface area contributed by atoms with E-state index in [4.69, 9.17) is 16.3 Å². The van der Waals surface area contributed by atoms with E-state index in [1.165, 1.54) is 25.7 Å². The van der Waals surface area contributed by atoms with Crippen LogP contribution in [0, 0.1) is 5.92 Å². The summed E-state index contributed by atoms with van der Waals surface area (Å²) in [7, 11) is 0. The average Bonchev–Trinajstić information content (AvgIpc) is 2.32. The highest BCUT2D eigenvalue weighted by Crippen LogP contribution is 2.27. The Labute approximate surface area is 103 Å². The summed E-state index contributed by atoms with van der Waals surface area (Å²) in [5.41, 5.74) is 1.13. The third-order valence-electron chi connectivity index (χ3n) is 3.32. The molecule has 1 nitrogen and oxygen atoms in total. The predicted octanol–water partition coefficient (Wildman–Crippen LogP) is 4.38. The van der Waals surface area contributed by atoms with Gasteiger partial charge in [-0.1, -0.05) is 19.1 Å². The average molecular weight is 239 g/mol. The van der Waals surface area contributed by atoms with Crippen molar-refractivity contribution in [3.63, 3.8) is 0 Å². The van der Waals surface area contributed by atoms with Gasteiger partial charge in [-0.25, -0.2) is 0 Å². The molecule has 0 aromatic heterocycles. The largest absolute Gasteiger partial charge is 0.490 e. The van der Waals surface area contributed by atoms with Gasteiger partial charge >= 0.3 is 0 Å². The van der Waals surface area contributed by atoms with Crippen LogP contribution in [0.1, 0.15) is 38.2 Å². The summed E-state index contributed by atoms with van der Waals surface area (Å²) in [6.07, 6.45) is 5.36. The zero-order valence-electron chi connectivity index (χ0n) is 9.79. The molecule has 16 heavy (non-hydrogen) atoms. The molecule has 1 aliphatic carbocycles. The summed E-state index contributed by atoms with van der Waals surface area (Å²) in [5.74, 6) is 2.39. The number of alkyl halides is 1. The van der Waals surface area contributed by atoms with Crippen molar-refractivity contribution in [3.8, 4) is 5.75 Å². The van der Waals surface area contributed by atoms with Crippen LogP contribution in [0.25, 0.3) is 0 Å². The summed E-state index contributed by atoms with van der Waals surface area (Å²) in [4.78, 5) is 0. The van der Waals surface area contributed by atoms with Crippen molar-refractivity contribution in [1.82, 2.24) is 0 Å². The molecule has 0 atom stereocenters. The van der Waals surface area contributed by atoms with E-state index in [2.05, 4.69) is 6.92 Å². The molecular formula is C14H19ClO. The first kappa shape index (κ1) is 11.8. The lowest BCUT2D eigenvalue weighted by Gasteiger charge is -2.27. The Balaban J connectivity index is 1.93. The number of hydrogen-bond acceptors (Lipinski definition) is 1. The molecule has 0 aliphatic heterocycles. The molecule has 0 bridgehead atoms. The molecule has 0 saturated heterocycles. The Hall–Kier alpha value is -0.690. The fraction of sp³-hybridized carbons (Fsp3) is 0.571. The van der Waals surface area contributed by atoms with Gasteiger partial charge in [-0.15, -0.1) is 11.6 Å². The minimum absolute atomic E-state index is 0.404. The molecule has 0 amide bonds. The second-order valence-electron chi connectivity index (χ2n) is 4.78. The standard InChI is InChI=1S/C14H19ClO/c1-11-5-7-13(8-6-11)16-14-4-2-3-12(9-14)10-15/h2-4,9,11,13H,5-8,10H2,1H3. The molecule has 88 valence electrons. The molecule has 2 rings (SSSR count). The van der Waals surface area contributed by atoms with Crippen LogP contribution in [0.15, 0.2) is 24.3 Å². The van der Waals surface area contributed by atoms with Crippen LogP contribution in [-0.2, 0) is 5.88 Å². The Morgan fingerprint density at radius 3 is 2.69 bits per heavy atom. The molecule has 1 aliphatic rings. The van der Waals surface area contributed by atoms with E-state index in [-0.39, 0.29) is 0 Å². The van der Waals surface area contributed by atoms with Crippen molar-refractivity contribution >= 4 is 11.6 Å². The molecule has 0 unspecified atom stereocenters. The first-order valence-corrected chi connectivity index (χ1v) is 6.63. The highest BCUT2D eigenvalue weighted by atomic mass is 35.5. The molecule has 1 aromatic carbocycles. The minimum Gasteiger partial charge on any atom is -0.490 e. The van der Waals surface area contributed by atoms with Crippen LogP contribution >= 0.6 is 11.6 Å². The van der Waals surface area contributed by atoms with E-state index in [0.717, 1.165) is 17.2 Å². The van der Waals surface area contributed by atoms with Gasteiger partial charge in [0, 0.05) is 5.88 Å². The van der Waals surface area contributed by atoms with E-state index in [1.807, 2.05) is 24.3 Å². The molecule has 1 saturated carbocycles. The lowest BCUT2D eigenvalue weighted by Crippen LogP contribution is -2.23. The van der Waals surface area contributed by atoms with Crippen molar-refractivity contribution in [2.75, 3.05) is 0 Å². The monoisotopic (exact) mass is 238 g/mol. The van der Waals surface area contributed by atoms with Crippen molar-refractivity contribution in [2.24, 2.45) is 5.92 Å². The highest BCUT2D eigenvalue weighted by Gasteiger charge is 2.19. The van der Waals surface area contributed by atoms with Crippen LogP contribution in [0.5, 0.6) is 5.75 Å². The fourth-order valence-corrected chi connectivity index (χ4v) is 2.41. The van der Waals surface area contributed by atoms with Gasteiger partial charge in [-0.3, -0.25) is 0 Å². The number of benzene rings is 1. The molecule has 1 aromatic rings. The minimum atomic E-state index is 0.404. The smallest absolute Gasteiger partial charge is 0.120 e. The lowest BCUT2D eigenvalue weighted by molar-refractivity contribution is 0.135. The topological polar surface area (TPSA) is 9.23 Å². The summed E-state index contributed by atoms with van der Waals surface area (Å²) in [6.45, 7) is 2.32. The maximum Gasteiger partial charge on any atom is 0.120 e. The maximum atomic E-state index is 5.99. The zero-order valence-corrected chi connectivity index (χ0v) is 10.5. The summed E-state index contributed by atoms with van der Waals surface area (Å²) in [5, 5.41) is 0. The predicted molar refractivity (Wildman–Crippen MR) is 68.0 cm³/mol. The van der Waals surface area contributed by atoms with Gasteiger partial charge in [0.2, 0.25) is 0 Å². The van der Waals surface area contributed by atoms with E-state index in [1.54, 1.807) is 0 Å². The van der Waals surface area contributed by atoms with Crippen LogP contribution < -0.4 is 4.74 Å². The van der Waals surface area contributed by atoms with Gasteiger partial charge in [0.1, 0.15) is 5.75 Å².